The number of nitrogens with one attached hydrogen (secondary N) is 1. The van der Waals surface area contributed by atoms with Crippen molar-refractivity contribution in [1.29, 1.82) is 5.26 Å². The summed E-state index contributed by atoms with van der Waals surface area (Å²) in [6.45, 7) is 0. The maximum Gasteiger partial charge on any atom is 0.245 e. The first-order valence-electron chi connectivity index (χ1n) is 4.61. The summed E-state index contributed by atoms with van der Waals surface area (Å²) in [6, 6.07) is 5.18. The molecular weight excluding hydrogens is 291 g/mol. The zero-order chi connectivity index (χ0) is 13.0. The maximum absolute atomic E-state index is 13.0. The Morgan fingerprint density at radius 2 is 2.18 bits per heavy atom. The van der Waals surface area contributed by atoms with E-state index in [0.29, 0.717) is 0 Å². The van der Waals surface area contributed by atoms with Crippen molar-refractivity contribution in [2.45, 2.75) is 0 Å². The Balaban J connectivity index is 3.07. The molecule has 6 heteroatoms. The molecule has 0 aromatic heterocycles. The first-order valence-corrected chi connectivity index (χ1v) is 5.41. The summed E-state index contributed by atoms with van der Waals surface area (Å²) in [4.78, 5) is 23.1. The van der Waals surface area contributed by atoms with Crippen molar-refractivity contribution in [3.05, 3.63) is 34.1 Å². The number of nitriles is 1. The van der Waals surface area contributed by atoms with Crippen LogP contribution in [0, 0.1) is 23.1 Å². The van der Waals surface area contributed by atoms with Gasteiger partial charge in [0, 0.05) is 12.6 Å². The lowest BCUT2D eigenvalue weighted by molar-refractivity contribution is -0.121. The Morgan fingerprint density at radius 3 is 2.65 bits per heavy atom. The molecule has 17 heavy (non-hydrogen) atoms. The molecule has 0 aliphatic heterocycles. The third-order valence-electron chi connectivity index (χ3n) is 2.10. The number of ketones is 1. The van der Waals surface area contributed by atoms with Crippen LogP contribution in [0.15, 0.2) is 22.7 Å². The second-order valence-electron chi connectivity index (χ2n) is 3.17. The second-order valence-corrected chi connectivity index (χ2v) is 4.02. The zero-order valence-electron chi connectivity index (χ0n) is 8.83. The second kappa shape index (κ2) is 5.55. The minimum absolute atomic E-state index is 0.105. The molecule has 0 bridgehead atoms. The average molecular weight is 299 g/mol. The topological polar surface area (TPSA) is 70.0 Å². The number of halogens is 2. The monoisotopic (exact) mass is 298 g/mol. The lowest BCUT2D eigenvalue weighted by atomic mass is 9.98. The Kier molecular flexibility index (Phi) is 4.35. The minimum Gasteiger partial charge on any atom is -0.358 e. The van der Waals surface area contributed by atoms with Gasteiger partial charge in [0.15, 0.2) is 11.7 Å². The molecule has 0 fully saturated rings. The number of hydrogen-bond donors (Lipinski definition) is 1. The summed E-state index contributed by atoms with van der Waals surface area (Å²) < 4.78 is 13.1. The van der Waals surface area contributed by atoms with Gasteiger partial charge in [-0.05, 0) is 34.1 Å². The van der Waals surface area contributed by atoms with Gasteiger partial charge in [0.2, 0.25) is 5.91 Å². The molecule has 0 radical (unpaired) electrons. The highest BCUT2D eigenvalue weighted by Gasteiger charge is 2.26. The van der Waals surface area contributed by atoms with Gasteiger partial charge >= 0.3 is 0 Å². The smallest absolute Gasteiger partial charge is 0.245 e. The van der Waals surface area contributed by atoms with Crippen molar-refractivity contribution < 1.29 is 14.0 Å². The van der Waals surface area contributed by atoms with E-state index in [2.05, 4.69) is 21.2 Å². The molecule has 88 valence electrons. The SMILES string of the molecule is CNC(=O)[C@@H](C#N)C(=O)c1ccc(F)c(Br)c1. The average Bonchev–Trinajstić information content (AvgIpc) is 2.33. The van der Waals surface area contributed by atoms with Crippen molar-refractivity contribution in [3.63, 3.8) is 0 Å². The van der Waals surface area contributed by atoms with Crippen LogP contribution >= 0.6 is 15.9 Å². The fourth-order valence-corrected chi connectivity index (χ4v) is 1.58. The molecule has 0 aliphatic rings. The summed E-state index contributed by atoms with van der Waals surface area (Å²) in [7, 11) is 1.33. The molecule has 0 heterocycles. The van der Waals surface area contributed by atoms with E-state index in [0.717, 1.165) is 6.07 Å². The van der Waals surface area contributed by atoms with Gasteiger partial charge in [0.1, 0.15) is 5.82 Å². The zero-order valence-corrected chi connectivity index (χ0v) is 10.4. The number of hydrogen-bond acceptors (Lipinski definition) is 3. The highest BCUT2D eigenvalue weighted by molar-refractivity contribution is 9.10. The molecule has 0 spiro atoms. The van der Waals surface area contributed by atoms with E-state index in [-0.39, 0.29) is 10.0 Å². The fraction of sp³-hybridized carbons (Fsp3) is 0.182. The maximum atomic E-state index is 13.0. The summed E-state index contributed by atoms with van der Waals surface area (Å²) >= 11 is 2.93. The van der Waals surface area contributed by atoms with Crippen LogP contribution in [0.4, 0.5) is 4.39 Å². The van der Waals surface area contributed by atoms with Gasteiger partial charge in [0.05, 0.1) is 10.5 Å². The van der Waals surface area contributed by atoms with Crippen molar-refractivity contribution in [2.24, 2.45) is 5.92 Å². The largest absolute Gasteiger partial charge is 0.358 e. The minimum atomic E-state index is -1.42. The van der Waals surface area contributed by atoms with Crippen LogP contribution in [-0.4, -0.2) is 18.7 Å². The Bertz CT molecular complexity index is 511. The molecule has 0 unspecified atom stereocenters. The van der Waals surface area contributed by atoms with Crippen LogP contribution in [-0.2, 0) is 4.79 Å². The quantitative estimate of drug-likeness (QED) is 0.681. The van der Waals surface area contributed by atoms with E-state index in [9.17, 15) is 14.0 Å². The molecule has 1 atom stereocenters. The number of rotatable bonds is 3. The van der Waals surface area contributed by atoms with Crippen molar-refractivity contribution in [1.82, 2.24) is 5.32 Å². The normalized spacial score (nSPS) is 11.4. The highest BCUT2D eigenvalue weighted by atomic mass is 79.9. The summed E-state index contributed by atoms with van der Waals surface area (Å²) in [6.07, 6.45) is 0. The summed E-state index contributed by atoms with van der Waals surface area (Å²) in [5.41, 5.74) is 0.105. The lowest BCUT2D eigenvalue weighted by Crippen LogP contribution is -2.32. The standard InChI is InChI=1S/C11H8BrFN2O2/c1-15-11(17)7(5-14)10(16)6-2-3-9(13)8(12)4-6/h2-4,7H,1H3,(H,15,17)/t7-/m0/s1. The first kappa shape index (κ1) is 13.3. The van der Waals surface area contributed by atoms with Gasteiger partial charge in [-0.25, -0.2) is 4.39 Å². The highest BCUT2D eigenvalue weighted by Crippen LogP contribution is 2.19. The Hall–Kier alpha value is -1.74. The molecule has 0 saturated carbocycles. The van der Waals surface area contributed by atoms with Crippen LogP contribution < -0.4 is 5.32 Å². The van der Waals surface area contributed by atoms with Crippen LogP contribution in [0.2, 0.25) is 0 Å². The number of carbonyl (C=O) groups excluding carboxylic acids is 2. The van der Waals surface area contributed by atoms with E-state index in [1.165, 1.54) is 19.2 Å². The Labute approximate surface area is 106 Å². The van der Waals surface area contributed by atoms with Gasteiger partial charge in [-0.1, -0.05) is 0 Å². The van der Waals surface area contributed by atoms with Crippen LogP contribution in [0.25, 0.3) is 0 Å². The molecule has 1 aromatic rings. The van der Waals surface area contributed by atoms with Gasteiger partial charge in [-0.2, -0.15) is 5.26 Å². The van der Waals surface area contributed by atoms with Gasteiger partial charge < -0.3 is 5.32 Å². The van der Waals surface area contributed by atoms with Crippen LogP contribution in [0.1, 0.15) is 10.4 Å². The van der Waals surface area contributed by atoms with E-state index < -0.39 is 23.4 Å². The van der Waals surface area contributed by atoms with E-state index in [4.69, 9.17) is 5.26 Å². The van der Waals surface area contributed by atoms with Crippen molar-refractivity contribution in [3.8, 4) is 6.07 Å². The third kappa shape index (κ3) is 2.88. The molecule has 0 saturated heterocycles. The molecule has 1 N–H and O–H groups in total. The van der Waals surface area contributed by atoms with Crippen LogP contribution in [0.3, 0.4) is 0 Å². The van der Waals surface area contributed by atoms with Crippen LogP contribution in [0.5, 0.6) is 0 Å². The molecule has 0 aliphatic carbocycles. The van der Waals surface area contributed by atoms with E-state index in [1.807, 2.05) is 0 Å². The number of carbonyl (C=O) groups is 2. The predicted molar refractivity (Wildman–Crippen MR) is 61.6 cm³/mol. The van der Waals surface area contributed by atoms with E-state index >= 15 is 0 Å². The van der Waals surface area contributed by atoms with E-state index in [1.54, 1.807) is 6.07 Å². The number of nitrogens with zero attached hydrogens (tertiary/aromatic N) is 1. The van der Waals surface area contributed by atoms with Gasteiger partial charge in [-0.15, -0.1) is 0 Å². The summed E-state index contributed by atoms with van der Waals surface area (Å²) in [5, 5.41) is 11.0. The van der Waals surface area contributed by atoms with Crippen molar-refractivity contribution >= 4 is 27.6 Å². The number of Topliss-reactive ketones (excluding diaryl/α,β-unsaturated/α-hetero) is 1. The molecule has 1 rings (SSSR count). The van der Waals surface area contributed by atoms with Gasteiger partial charge in [0.25, 0.3) is 0 Å². The molecule has 1 aromatic carbocycles. The predicted octanol–water partition coefficient (Wildman–Crippen LogP) is 1.66. The molecule has 1 amide bonds. The summed E-state index contributed by atoms with van der Waals surface area (Å²) in [5.74, 6) is -3.28. The fourth-order valence-electron chi connectivity index (χ4n) is 1.20. The third-order valence-corrected chi connectivity index (χ3v) is 2.71. The molecular formula is C11H8BrFN2O2. The van der Waals surface area contributed by atoms with Gasteiger partial charge in [-0.3, -0.25) is 9.59 Å². The molecule has 4 nitrogen and oxygen atoms in total. The number of amides is 1. The Morgan fingerprint density at radius 1 is 1.53 bits per heavy atom. The van der Waals surface area contributed by atoms with Crippen molar-refractivity contribution in [2.75, 3.05) is 7.05 Å². The lowest BCUT2D eigenvalue weighted by Gasteiger charge is -2.07. The first-order chi connectivity index (χ1) is 8.01. The number of benzene rings is 1.